The standard InChI is InChI=1S/C12H12N2OS.C11H19N3S/c15-8-14-7-3-5-10(14)12-13-9-4-1-2-6-11(9)16-12;1-8(2)9(3)14(13)7-10(12)11-5-4-6-15-11/h1-2,4,6,8,10H,3,5,7H2;4-9H,12-13H2,1-3H3/b;10-7-. The lowest BCUT2D eigenvalue weighted by Crippen LogP contribution is -2.38. The van der Waals surface area contributed by atoms with Gasteiger partial charge < -0.3 is 15.6 Å². The van der Waals surface area contributed by atoms with Gasteiger partial charge >= 0.3 is 0 Å². The predicted octanol–water partition coefficient (Wildman–Crippen LogP) is 4.82. The monoisotopic (exact) mass is 457 g/mol. The molecule has 1 fully saturated rings. The number of amides is 1. The molecule has 1 aromatic carbocycles. The fourth-order valence-corrected chi connectivity index (χ4v) is 5.11. The number of aromatic nitrogens is 1. The second-order valence-corrected chi connectivity index (χ2v) is 10.0. The summed E-state index contributed by atoms with van der Waals surface area (Å²) >= 11 is 3.32. The Morgan fingerprint density at radius 2 is 2.03 bits per heavy atom. The van der Waals surface area contributed by atoms with Crippen LogP contribution in [0.15, 0.2) is 48.0 Å². The van der Waals surface area contributed by atoms with Crippen molar-refractivity contribution in [2.75, 3.05) is 6.54 Å². The van der Waals surface area contributed by atoms with Crippen LogP contribution in [-0.4, -0.2) is 33.9 Å². The number of nitrogens with zero attached hydrogens (tertiary/aromatic N) is 3. The Morgan fingerprint density at radius 3 is 2.68 bits per heavy atom. The SMILES string of the molecule is CC(C)C(C)N(N)/C=C(\N)c1cccs1.O=CN1CCCC1c1nc2ccccc2s1. The minimum atomic E-state index is 0.204. The maximum absolute atomic E-state index is 10.9. The number of fused-ring (bicyclic) bond motifs is 1. The molecule has 1 aliphatic heterocycles. The Bertz CT molecular complexity index is 965. The minimum Gasteiger partial charge on any atom is -0.396 e. The number of nitrogens with two attached hydrogens (primary N) is 2. The summed E-state index contributed by atoms with van der Waals surface area (Å²) in [6, 6.07) is 12.6. The van der Waals surface area contributed by atoms with Crippen molar-refractivity contribution in [1.82, 2.24) is 14.9 Å². The van der Waals surface area contributed by atoms with Gasteiger partial charge in [0, 0.05) is 18.8 Å². The van der Waals surface area contributed by atoms with Gasteiger partial charge in [-0.05, 0) is 49.3 Å². The van der Waals surface area contributed by atoms with Gasteiger partial charge in [-0.2, -0.15) is 0 Å². The fourth-order valence-electron chi connectivity index (χ4n) is 3.34. The highest BCUT2D eigenvalue weighted by molar-refractivity contribution is 7.18. The number of hydrogen-bond donors (Lipinski definition) is 2. The van der Waals surface area contributed by atoms with Gasteiger partial charge in [0.1, 0.15) is 5.01 Å². The highest BCUT2D eigenvalue weighted by Crippen LogP contribution is 2.35. The number of hydrogen-bond acceptors (Lipinski definition) is 7. The molecule has 1 amide bonds. The van der Waals surface area contributed by atoms with Crippen LogP contribution in [0.1, 0.15) is 49.5 Å². The molecule has 0 bridgehead atoms. The van der Waals surface area contributed by atoms with E-state index in [-0.39, 0.29) is 12.1 Å². The summed E-state index contributed by atoms with van der Waals surface area (Å²) in [6.45, 7) is 7.23. The molecule has 4 N–H and O–H groups in total. The van der Waals surface area contributed by atoms with Gasteiger partial charge in [-0.25, -0.2) is 10.8 Å². The quantitative estimate of drug-likeness (QED) is 0.315. The molecule has 2 atom stereocenters. The van der Waals surface area contributed by atoms with E-state index in [0.29, 0.717) is 5.92 Å². The second-order valence-electron chi connectivity index (χ2n) is 8.01. The molecule has 3 heterocycles. The van der Waals surface area contributed by atoms with Crippen molar-refractivity contribution >= 4 is 45.0 Å². The van der Waals surface area contributed by atoms with Gasteiger partial charge in [-0.1, -0.05) is 32.0 Å². The number of rotatable bonds is 6. The number of carbonyl (C=O) groups is 1. The summed E-state index contributed by atoms with van der Waals surface area (Å²) < 4.78 is 1.20. The van der Waals surface area contributed by atoms with E-state index in [0.717, 1.165) is 46.9 Å². The van der Waals surface area contributed by atoms with Crippen molar-refractivity contribution < 1.29 is 4.79 Å². The number of benzene rings is 1. The third-order valence-electron chi connectivity index (χ3n) is 5.55. The van der Waals surface area contributed by atoms with Crippen LogP contribution in [0.25, 0.3) is 15.9 Å². The van der Waals surface area contributed by atoms with Crippen LogP contribution in [0.5, 0.6) is 0 Å². The Kier molecular flexibility index (Phi) is 8.06. The fraction of sp³-hybridized carbons (Fsp3) is 0.391. The molecular formula is C23H31N5OS2. The smallest absolute Gasteiger partial charge is 0.210 e. The third-order valence-corrected chi connectivity index (χ3v) is 7.61. The molecule has 0 radical (unpaired) electrons. The summed E-state index contributed by atoms with van der Waals surface area (Å²) in [5.74, 6) is 6.41. The van der Waals surface area contributed by atoms with Crippen LogP contribution in [0, 0.1) is 5.92 Å². The van der Waals surface area contributed by atoms with Crippen molar-refractivity contribution in [2.24, 2.45) is 17.5 Å². The first-order chi connectivity index (χ1) is 14.9. The zero-order chi connectivity index (χ0) is 22.4. The molecule has 1 aliphatic rings. The molecule has 3 aromatic rings. The first kappa shape index (κ1) is 23.2. The molecule has 4 rings (SSSR count). The topological polar surface area (TPSA) is 88.5 Å². The van der Waals surface area contributed by atoms with Crippen LogP contribution in [0.3, 0.4) is 0 Å². The van der Waals surface area contributed by atoms with Crippen molar-refractivity contribution in [3.8, 4) is 0 Å². The van der Waals surface area contributed by atoms with Gasteiger partial charge in [-0.3, -0.25) is 4.79 Å². The maximum atomic E-state index is 10.9. The van der Waals surface area contributed by atoms with E-state index >= 15 is 0 Å². The third kappa shape index (κ3) is 5.84. The van der Waals surface area contributed by atoms with Crippen LogP contribution < -0.4 is 11.6 Å². The largest absolute Gasteiger partial charge is 0.396 e. The summed E-state index contributed by atoms with van der Waals surface area (Å²) in [5.41, 5.74) is 7.69. The number of thiophene rings is 1. The summed E-state index contributed by atoms with van der Waals surface area (Å²) in [7, 11) is 0. The normalized spacial score (nSPS) is 17.5. The van der Waals surface area contributed by atoms with Gasteiger partial charge in [0.25, 0.3) is 0 Å². The van der Waals surface area contributed by atoms with E-state index in [1.165, 1.54) is 4.70 Å². The number of para-hydroxylation sites is 1. The zero-order valence-electron chi connectivity index (χ0n) is 18.3. The molecule has 0 spiro atoms. The molecule has 0 aliphatic carbocycles. The predicted molar refractivity (Wildman–Crippen MR) is 131 cm³/mol. The highest BCUT2D eigenvalue weighted by atomic mass is 32.1. The van der Waals surface area contributed by atoms with Crippen LogP contribution >= 0.6 is 22.7 Å². The average molecular weight is 458 g/mol. The van der Waals surface area contributed by atoms with E-state index in [4.69, 9.17) is 11.6 Å². The molecular weight excluding hydrogens is 426 g/mol. The Morgan fingerprint density at radius 1 is 1.26 bits per heavy atom. The molecule has 0 saturated carbocycles. The molecule has 1 saturated heterocycles. The first-order valence-corrected chi connectivity index (χ1v) is 12.2. The Labute approximate surface area is 192 Å². The number of likely N-dealkylation sites (tertiary alicyclic amines) is 1. The summed E-state index contributed by atoms with van der Waals surface area (Å²) in [4.78, 5) is 18.4. The molecule has 2 aromatic heterocycles. The van der Waals surface area contributed by atoms with Crippen molar-refractivity contribution in [2.45, 2.75) is 45.7 Å². The molecule has 2 unspecified atom stereocenters. The summed E-state index contributed by atoms with van der Waals surface area (Å²) in [5, 5.41) is 4.76. The first-order valence-electron chi connectivity index (χ1n) is 10.5. The lowest BCUT2D eigenvalue weighted by atomic mass is 10.1. The van der Waals surface area contributed by atoms with E-state index in [9.17, 15) is 4.79 Å². The number of thiazole rings is 1. The van der Waals surface area contributed by atoms with Gasteiger partial charge in [0.15, 0.2) is 0 Å². The van der Waals surface area contributed by atoms with Crippen LogP contribution in [-0.2, 0) is 4.79 Å². The molecule has 8 heteroatoms. The minimum absolute atomic E-state index is 0.204. The molecule has 6 nitrogen and oxygen atoms in total. The summed E-state index contributed by atoms with van der Waals surface area (Å²) in [6.07, 6.45) is 4.87. The number of hydrazine groups is 1. The van der Waals surface area contributed by atoms with E-state index in [1.807, 2.05) is 40.6 Å². The molecule has 166 valence electrons. The van der Waals surface area contributed by atoms with E-state index in [1.54, 1.807) is 33.9 Å². The van der Waals surface area contributed by atoms with Crippen molar-refractivity contribution in [3.63, 3.8) is 0 Å². The molecule has 31 heavy (non-hydrogen) atoms. The Balaban J connectivity index is 0.000000176. The van der Waals surface area contributed by atoms with E-state index in [2.05, 4.69) is 31.8 Å². The maximum Gasteiger partial charge on any atom is 0.210 e. The van der Waals surface area contributed by atoms with Crippen molar-refractivity contribution in [1.29, 1.82) is 0 Å². The van der Waals surface area contributed by atoms with Crippen LogP contribution in [0.4, 0.5) is 0 Å². The van der Waals surface area contributed by atoms with E-state index < -0.39 is 0 Å². The van der Waals surface area contributed by atoms with Gasteiger partial charge in [0.05, 0.1) is 26.8 Å². The van der Waals surface area contributed by atoms with Gasteiger partial charge in [-0.15, -0.1) is 22.7 Å². The lowest BCUT2D eigenvalue weighted by molar-refractivity contribution is -0.118. The van der Waals surface area contributed by atoms with Crippen molar-refractivity contribution in [3.05, 3.63) is 57.9 Å². The lowest BCUT2D eigenvalue weighted by Gasteiger charge is -2.26. The van der Waals surface area contributed by atoms with Crippen LogP contribution in [0.2, 0.25) is 0 Å². The van der Waals surface area contributed by atoms with Gasteiger partial charge in [0.2, 0.25) is 6.41 Å². The number of carbonyl (C=O) groups excluding carboxylic acids is 1. The average Bonchev–Trinajstić information content (AvgIpc) is 3.52. The zero-order valence-corrected chi connectivity index (χ0v) is 19.9. The Hall–Kier alpha value is -2.42. The second kappa shape index (κ2) is 10.7. The highest BCUT2D eigenvalue weighted by Gasteiger charge is 2.27.